The van der Waals surface area contributed by atoms with Crippen molar-refractivity contribution in [3.05, 3.63) is 107 Å². The van der Waals surface area contributed by atoms with Crippen molar-refractivity contribution >= 4 is 22.6 Å². The van der Waals surface area contributed by atoms with Gasteiger partial charge in [-0.3, -0.25) is 4.79 Å². The Morgan fingerprint density at radius 3 is 2.56 bits per heavy atom. The summed E-state index contributed by atoms with van der Waals surface area (Å²) in [6.45, 7) is 2.47. The van der Waals surface area contributed by atoms with Crippen LogP contribution in [0, 0.1) is 18.7 Å². The Morgan fingerprint density at radius 1 is 1.05 bits per heavy atom. The molecule has 0 spiro atoms. The summed E-state index contributed by atoms with van der Waals surface area (Å²) in [6, 6.07) is 18.9. The normalized spacial score (nSPS) is 14.4. The lowest BCUT2D eigenvalue weighted by Crippen LogP contribution is -2.25. The van der Waals surface area contributed by atoms with Gasteiger partial charge in [0.1, 0.15) is 11.5 Å². The van der Waals surface area contributed by atoms with Gasteiger partial charge in [0, 0.05) is 11.5 Å². The third kappa shape index (κ3) is 5.58. The summed E-state index contributed by atoms with van der Waals surface area (Å²) in [7, 11) is 0. The number of carbonyl (C=O) groups is 1. The van der Waals surface area contributed by atoms with Crippen LogP contribution >= 0.6 is 0 Å². The molecule has 1 aliphatic carbocycles. The highest BCUT2D eigenvalue weighted by atomic mass is 19.4. The number of nitrogens with one attached hydrogen (secondary N) is 2. The highest BCUT2D eigenvalue weighted by Gasteiger charge is 2.36. The van der Waals surface area contributed by atoms with E-state index in [-0.39, 0.29) is 17.4 Å². The zero-order valence-corrected chi connectivity index (χ0v) is 21.9. The number of rotatable bonds is 8. The Labute approximate surface area is 232 Å². The van der Waals surface area contributed by atoms with E-state index in [1.807, 2.05) is 30.3 Å². The molecule has 2 N–H and O–H groups in total. The van der Waals surface area contributed by atoms with E-state index < -0.39 is 29.3 Å². The second-order valence-corrected chi connectivity index (χ2v) is 10.2. The highest BCUT2D eigenvalue weighted by molar-refractivity contribution is 6.03. The molecule has 11 heteroatoms. The predicted octanol–water partition coefficient (Wildman–Crippen LogP) is 6.82. The van der Waals surface area contributed by atoms with Crippen molar-refractivity contribution in [1.82, 2.24) is 20.3 Å². The second-order valence-electron chi connectivity index (χ2n) is 10.2. The van der Waals surface area contributed by atoms with Crippen LogP contribution in [0.5, 0.6) is 0 Å². The Morgan fingerprint density at radius 2 is 1.83 bits per heavy atom. The Balaban J connectivity index is 1.35. The van der Waals surface area contributed by atoms with Crippen molar-refractivity contribution in [2.24, 2.45) is 5.92 Å². The smallest absolute Gasteiger partial charge is 0.356 e. The summed E-state index contributed by atoms with van der Waals surface area (Å²) < 4.78 is 62.0. The van der Waals surface area contributed by atoms with Crippen LogP contribution in [0.2, 0.25) is 0 Å². The maximum absolute atomic E-state index is 15.0. The highest BCUT2D eigenvalue weighted by Crippen LogP contribution is 2.33. The van der Waals surface area contributed by atoms with Crippen molar-refractivity contribution < 1.29 is 26.9 Å². The molecule has 6 rings (SSSR count). The van der Waals surface area contributed by atoms with E-state index in [0.717, 1.165) is 29.6 Å². The number of fused-ring (bicyclic) bond motifs is 1. The monoisotopic (exact) mass is 563 g/mol. The summed E-state index contributed by atoms with van der Waals surface area (Å²) >= 11 is 0. The number of hydrogen-bond donors (Lipinski definition) is 2. The molecule has 0 radical (unpaired) electrons. The molecule has 1 amide bonds. The van der Waals surface area contributed by atoms with Crippen LogP contribution < -0.4 is 10.6 Å². The van der Waals surface area contributed by atoms with Gasteiger partial charge in [-0.05, 0) is 73.7 Å². The first kappa shape index (κ1) is 26.7. The summed E-state index contributed by atoms with van der Waals surface area (Å²) in [6.07, 6.45) is -2.51. The number of carbonyl (C=O) groups excluding carboxylic acids is 1. The molecule has 5 aromatic rings. The molecule has 1 aliphatic rings. The first-order valence-corrected chi connectivity index (χ1v) is 13.1. The van der Waals surface area contributed by atoms with Crippen LogP contribution in [0.25, 0.3) is 16.7 Å². The van der Waals surface area contributed by atoms with Gasteiger partial charge < -0.3 is 15.2 Å². The number of nitrogens with zero attached hydrogens (tertiary/aromatic N) is 3. The van der Waals surface area contributed by atoms with Crippen molar-refractivity contribution in [2.75, 3.05) is 11.9 Å². The molecule has 2 aromatic heterocycles. The average Bonchev–Trinajstić information content (AvgIpc) is 3.54. The molecule has 1 saturated carbocycles. The molecule has 0 aliphatic heterocycles. The molecule has 2 heterocycles. The van der Waals surface area contributed by atoms with Gasteiger partial charge in [0.15, 0.2) is 11.3 Å². The lowest BCUT2D eigenvalue weighted by molar-refractivity contribution is -0.141. The number of amides is 1. The largest absolute Gasteiger partial charge is 0.435 e. The number of halogens is 4. The number of anilines is 1. The van der Waals surface area contributed by atoms with Crippen LogP contribution in [-0.2, 0) is 6.18 Å². The number of alkyl halides is 3. The minimum atomic E-state index is -4.81. The molecule has 1 fully saturated rings. The third-order valence-electron chi connectivity index (χ3n) is 7.12. The average molecular weight is 564 g/mol. The summed E-state index contributed by atoms with van der Waals surface area (Å²) in [5.41, 5.74) is 0.978. The van der Waals surface area contributed by atoms with E-state index >= 15 is 0 Å². The van der Waals surface area contributed by atoms with Gasteiger partial charge in [-0.2, -0.15) is 18.3 Å². The van der Waals surface area contributed by atoms with E-state index in [1.165, 1.54) is 30.3 Å². The van der Waals surface area contributed by atoms with Gasteiger partial charge in [0.25, 0.3) is 5.91 Å². The van der Waals surface area contributed by atoms with Gasteiger partial charge in [0.05, 0.1) is 23.1 Å². The van der Waals surface area contributed by atoms with Gasteiger partial charge in [-0.1, -0.05) is 41.6 Å². The van der Waals surface area contributed by atoms with Crippen molar-refractivity contribution in [3.63, 3.8) is 0 Å². The van der Waals surface area contributed by atoms with Crippen LogP contribution in [0.4, 0.5) is 23.2 Å². The Kier molecular flexibility index (Phi) is 6.82. The quantitative estimate of drug-likeness (QED) is 0.202. The van der Waals surface area contributed by atoms with Gasteiger partial charge in [0.2, 0.25) is 0 Å². The molecule has 1 unspecified atom stereocenters. The van der Waals surface area contributed by atoms with Crippen molar-refractivity contribution in [1.29, 1.82) is 0 Å². The van der Waals surface area contributed by atoms with E-state index in [1.54, 1.807) is 13.0 Å². The Hall–Kier alpha value is -4.51. The first-order valence-electron chi connectivity index (χ1n) is 13.1. The molecule has 0 bridgehead atoms. The van der Waals surface area contributed by atoms with Crippen LogP contribution in [-0.4, -0.2) is 27.4 Å². The molecule has 210 valence electrons. The number of benzene rings is 3. The van der Waals surface area contributed by atoms with Gasteiger partial charge >= 0.3 is 6.18 Å². The SMILES string of the molecule is Cc1noc2ccc(-n3nc(C(F)(F)F)cc3C(=O)Nc3cc(C(NCC4CC4)c4ccccc4)ccc3F)cc12. The summed E-state index contributed by atoms with van der Waals surface area (Å²) in [5, 5.41) is 14.1. The van der Waals surface area contributed by atoms with Crippen molar-refractivity contribution in [3.8, 4) is 5.69 Å². The van der Waals surface area contributed by atoms with Crippen molar-refractivity contribution in [2.45, 2.75) is 32.0 Å². The van der Waals surface area contributed by atoms with E-state index in [9.17, 15) is 22.4 Å². The fourth-order valence-corrected chi connectivity index (χ4v) is 4.74. The third-order valence-corrected chi connectivity index (χ3v) is 7.12. The minimum absolute atomic E-state index is 0.159. The number of aromatic nitrogens is 3. The Bertz CT molecular complexity index is 1720. The van der Waals surface area contributed by atoms with E-state index in [4.69, 9.17) is 4.52 Å². The molecule has 0 saturated heterocycles. The lowest BCUT2D eigenvalue weighted by atomic mass is 9.97. The van der Waals surface area contributed by atoms with Gasteiger partial charge in [-0.25, -0.2) is 9.07 Å². The molecular formula is C30H25F4N5O2. The maximum Gasteiger partial charge on any atom is 0.435 e. The fraction of sp³-hybridized carbons (Fsp3) is 0.233. The van der Waals surface area contributed by atoms with Crippen LogP contribution in [0.15, 0.2) is 77.3 Å². The van der Waals surface area contributed by atoms with E-state index in [0.29, 0.717) is 34.2 Å². The second kappa shape index (κ2) is 10.5. The zero-order chi connectivity index (χ0) is 28.7. The molecule has 1 atom stereocenters. The standard InChI is InChI=1S/C30H25F4N5O2/c1-17-22-14-21(10-12-26(22)41-38-17)39-25(15-27(37-39)30(32,33)34)29(40)36-24-13-20(9-11-23(24)31)28(35-16-18-7-8-18)19-5-3-2-4-6-19/h2-6,9-15,18,28,35H,7-8,16H2,1H3,(H,36,40). The summed E-state index contributed by atoms with van der Waals surface area (Å²) in [4.78, 5) is 13.4. The number of aryl methyl sites for hydroxylation is 1. The predicted molar refractivity (Wildman–Crippen MR) is 144 cm³/mol. The topological polar surface area (TPSA) is 85.0 Å². The molecular weight excluding hydrogens is 538 g/mol. The lowest BCUT2D eigenvalue weighted by Gasteiger charge is -2.21. The molecule has 3 aromatic carbocycles. The van der Waals surface area contributed by atoms with Crippen LogP contribution in [0.1, 0.15) is 51.9 Å². The first-order chi connectivity index (χ1) is 19.7. The minimum Gasteiger partial charge on any atom is -0.356 e. The van der Waals surface area contributed by atoms with Gasteiger partial charge in [-0.15, -0.1) is 0 Å². The molecule has 41 heavy (non-hydrogen) atoms. The maximum atomic E-state index is 15.0. The number of hydrogen-bond acceptors (Lipinski definition) is 5. The van der Waals surface area contributed by atoms with Crippen LogP contribution in [0.3, 0.4) is 0 Å². The zero-order valence-electron chi connectivity index (χ0n) is 21.9. The summed E-state index contributed by atoms with van der Waals surface area (Å²) in [5.74, 6) is -1.09. The van der Waals surface area contributed by atoms with E-state index in [2.05, 4.69) is 20.9 Å². The molecule has 7 nitrogen and oxygen atoms in total. The fourth-order valence-electron chi connectivity index (χ4n) is 4.74.